The van der Waals surface area contributed by atoms with Crippen LogP contribution in [0.4, 0.5) is 11.4 Å². The van der Waals surface area contributed by atoms with Crippen molar-refractivity contribution in [3.63, 3.8) is 0 Å². The number of carbonyl (C=O) groups excluding carboxylic acids is 2. The van der Waals surface area contributed by atoms with E-state index in [1.54, 1.807) is 13.0 Å². The van der Waals surface area contributed by atoms with Gasteiger partial charge in [0, 0.05) is 11.4 Å². The second kappa shape index (κ2) is 9.31. The highest BCUT2D eigenvalue weighted by atomic mass is 16.5. The van der Waals surface area contributed by atoms with E-state index in [0.29, 0.717) is 22.7 Å². The Morgan fingerprint density at radius 1 is 0.875 bits per heavy atom. The van der Waals surface area contributed by atoms with Gasteiger partial charge in [-0.2, -0.15) is 0 Å². The van der Waals surface area contributed by atoms with Crippen molar-refractivity contribution in [1.29, 1.82) is 0 Å². The van der Waals surface area contributed by atoms with E-state index in [1.165, 1.54) is 6.20 Å². The molecule has 1 aromatic heterocycles. The molecular weight excluding hydrogens is 402 g/mol. The van der Waals surface area contributed by atoms with Gasteiger partial charge < -0.3 is 15.2 Å². The van der Waals surface area contributed by atoms with Crippen molar-refractivity contribution in [2.75, 3.05) is 10.6 Å². The topological polar surface area (TPSA) is 84.2 Å². The lowest BCUT2D eigenvalue weighted by molar-refractivity contribution is -0.115. The largest absolute Gasteiger partial charge is 0.361 e. The van der Waals surface area contributed by atoms with Gasteiger partial charge in [0.1, 0.15) is 11.3 Å². The first-order valence-electron chi connectivity index (χ1n) is 10.3. The van der Waals surface area contributed by atoms with Crippen LogP contribution in [0.15, 0.2) is 83.5 Å². The molecule has 3 aromatic carbocycles. The number of aryl methyl sites for hydroxylation is 2. The molecule has 4 aromatic rings. The molecule has 0 aliphatic carbocycles. The zero-order chi connectivity index (χ0) is 22.5. The highest BCUT2D eigenvalue weighted by Gasteiger charge is 2.14. The van der Waals surface area contributed by atoms with Crippen LogP contribution < -0.4 is 10.6 Å². The van der Waals surface area contributed by atoms with Crippen LogP contribution in [0.2, 0.25) is 0 Å². The van der Waals surface area contributed by atoms with Gasteiger partial charge in [-0.25, -0.2) is 0 Å². The van der Waals surface area contributed by atoms with Crippen LogP contribution in [0.5, 0.6) is 0 Å². The number of rotatable bonds is 6. The van der Waals surface area contributed by atoms with E-state index in [4.69, 9.17) is 4.52 Å². The SMILES string of the molecule is Cc1ccc(NC(=O)Cc2ccc(-c3ccccc3)cc2)cc1NC(=O)c1cnoc1C. The Hall–Kier alpha value is -4.19. The maximum absolute atomic E-state index is 12.6. The van der Waals surface area contributed by atoms with Crippen molar-refractivity contribution in [2.45, 2.75) is 20.3 Å². The van der Waals surface area contributed by atoms with Gasteiger partial charge in [-0.3, -0.25) is 9.59 Å². The summed E-state index contributed by atoms with van der Waals surface area (Å²) in [6.07, 6.45) is 1.64. The average Bonchev–Trinajstić information content (AvgIpc) is 3.23. The third kappa shape index (κ3) is 4.92. The Kier molecular flexibility index (Phi) is 6.12. The van der Waals surface area contributed by atoms with Crippen LogP contribution in [0, 0.1) is 13.8 Å². The highest BCUT2D eigenvalue weighted by molar-refractivity contribution is 6.05. The molecule has 1 heterocycles. The van der Waals surface area contributed by atoms with Crippen molar-refractivity contribution in [1.82, 2.24) is 5.16 Å². The van der Waals surface area contributed by atoms with Crippen LogP contribution in [-0.4, -0.2) is 17.0 Å². The fourth-order valence-electron chi connectivity index (χ4n) is 3.38. The van der Waals surface area contributed by atoms with Gasteiger partial charge in [0.2, 0.25) is 5.91 Å². The van der Waals surface area contributed by atoms with Gasteiger partial charge in [0.05, 0.1) is 12.6 Å². The lowest BCUT2D eigenvalue weighted by Gasteiger charge is -2.11. The van der Waals surface area contributed by atoms with Crippen molar-refractivity contribution in [3.05, 3.63) is 101 Å². The van der Waals surface area contributed by atoms with Crippen molar-refractivity contribution < 1.29 is 14.1 Å². The van der Waals surface area contributed by atoms with E-state index in [9.17, 15) is 9.59 Å². The van der Waals surface area contributed by atoms with E-state index in [0.717, 1.165) is 22.3 Å². The van der Waals surface area contributed by atoms with Crippen LogP contribution in [0.3, 0.4) is 0 Å². The molecule has 6 nitrogen and oxygen atoms in total. The molecule has 0 bridgehead atoms. The molecule has 0 atom stereocenters. The standard InChI is InChI=1S/C26H23N3O3/c1-17-8-13-22(15-24(17)29-26(31)23-16-27-32-18(23)2)28-25(30)14-19-9-11-21(12-10-19)20-6-4-3-5-7-20/h3-13,15-16H,14H2,1-2H3,(H,28,30)(H,29,31). The smallest absolute Gasteiger partial charge is 0.260 e. The molecule has 160 valence electrons. The van der Waals surface area contributed by atoms with Gasteiger partial charge in [-0.1, -0.05) is 65.8 Å². The van der Waals surface area contributed by atoms with Gasteiger partial charge in [0.15, 0.2) is 0 Å². The number of aromatic nitrogens is 1. The summed E-state index contributed by atoms with van der Waals surface area (Å²) < 4.78 is 4.95. The summed E-state index contributed by atoms with van der Waals surface area (Å²) in [6, 6.07) is 23.5. The number of benzene rings is 3. The number of nitrogens with one attached hydrogen (secondary N) is 2. The Labute approximate surface area is 186 Å². The molecule has 0 spiro atoms. The van der Waals surface area contributed by atoms with E-state index in [2.05, 4.69) is 27.9 Å². The molecule has 0 saturated carbocycles. The summed E-state index contributed by atoms with van der Waals surface area (Å²) >= 11 is 0. The molecule has 4 rings (SSSR count). The van der Waals surface area contributed by atoms with Gasteiger partial charge in [-0.15, -0.1) is 0 Å². The van der Waals surface area contributed by atoms with Gasteiger partial charge >= 0.3 is 0 Å². The number of amides is 2. The number of anilines is 2. The second-order valence-electron chi connectivity index (χ2n) is 7.57. The lowest BCUT2D eigenvalue weighted by Crippen LogP contribution is -2.16. The normalized spacial score (nSPS) is 10.6. The minimum absolute atomic E-state index is 0.131. The van der Waals surface area contributed by atoms with Gasteiger partial charge in [-0.05, 0) is 48.2 Å². The molecule has 2 N–H and O–H groups in total. The summed E-state index contributed by atoms with van der Waals surface area (Å²) in [4.78, 5) is 25.0. The van der Waals surface area contributed by atoms with Crippen LogP contribution in [0.1, 0.15) is 27.2 Å². The minimum atomic E-state index is -0.311. The monoisotopic (exact) mass is 425 g/mol. The Balaban J connectivity index is 1.40. The number of nitrogens with zero attached hydrogens (tertiary/aromatic N) is 1. The zero-order valence-corrected chi connectivity index (χ0v) is 17.9. The third-order valence-corrected chi connectivity index (χ3v) is 5.19. The van der Waals surface area contributed by atoms with Crippen LogP contribution >= 0.6 is 0 Å². The van der Waals surface area contributed by atoms with E-state index in [1.807, 2.05) is 61.5 Å². The lowest BCUT2D eigenvalue weighted by atomic mass is 10.0. The third-order valence-electron chi connectivity index (χ3n) is 5.19. The van der Waals surface area contributed by atoms with E-state index < -0.39 is 0 Å². The first-order valence-corrected chi connectivity index (χ1v) is 10.3. The molecular formula is C26H23N3O3. The first kappa shape index (κ1) is 21.1. The molecule has 2 amide bonds. The van der Waals surface area contributed by atoms with E-state index >= 15 is 0 Å². The predicted octanol–water partition coefficient (Wildman–Crippen LogP) is 5.39. The van der Waals surface area contributed by atoms with Crippen molar-refractivity contribution >= 4 is 23.2 Å². The molecule has 32 heavy (non-hydrogen) atoms. The quantitative estimate of drug-likeness (QED) is 0.434. The summed E-state index contributed by atoms with van der Waals surface area (Å²) in [5.74, 6) is 0.00481. The molecule has 0 fully saturated rings. The average molecular weight is 425 g/mol. The maximum atomic E-state index is 12.6. The Bertz CT molecular complexity index is 1250. The van der Waals surface area contributed by atoms with Gasteiger partial charge in [0.25, 0.3) is 5.91 Å². The van der Waals surface area contributed by atoms with Crippen molar-refractivity contribution in [3.8, 4) is 11.1 Å². The zero-order valence-electron chi connectivity index (χ0n) is 17.9. The molecule has 0 aliphatic rings. The second-order valence-corrected chi connectivity index (χ2v) is 7.57. The fraction of sp³-hybridized carbons (Fsp3) is 0.115. The van der Waals surface area contributed by atoms with Crippen LogP contribution in [0.25, 0.3) is 11.1 Å². The summed E-state index contributed by atoms with van der Waals surface area (Å²) in [5.41, 5.74) is 5.64. The summed E-state index contributed by atoms with van der Waals surface area (Å²) in [7, 11) is 0. The van der Waals surface area contributed by atoms with E-state index in [-0.39, 0.29) is 18.2 Å². The summed E-state index contributed by atoms with van der Waals surface area (Å²) in [5, 5.41) is 9.38. The fourth-order valence-corrected chi connectivity index (χ4v) is 3.38. The number of hydrogen-bond acceptors (Lipinski definition) is 4. The molecule has 0 saturated heterocycles. The predicted molar refractivity (Wildman–Crippen MR) is 125 cm³/mol. The number of carbonyl (C=O) groups is 2. The summed E-state index contributed by atoms with van der Waals surface area (Å²) in [6.45, 7) is 3.56. The Morgan fingerprint density at radius 2 is 1.59 bits per heavy atom. The number of hydrogen-bond donors (Lipinski definition) is 2. The molecule has 0 unspecified atom stereocenters. The van der Waals surface area contributed by atoms with Crippen molar-refractivity contribution in [2.24, 2.45) is 0 Å². The van der Waals surface area contributed by atoms with Crippen LogP contribution in [-0.2, 0) is 11.2 Å². The molecule has 0 radical (unpaired) electrons. The Morgan fingerprint density at radius 3 is 2.28 bits per heavy atom. The highest BCUT2D eigenvalue weighted by Crippen LogP contribution is 2.23. The maximum Gasteiger partial charge on any atom is 0.260 e. The molecule has 0 aliphatic heterocycles. The molecule has 6 heteroatoms. The minimum Gasteiger partial charge on any atom is -0.361 e. The first-order chi connectivity index (χ1) is 15.5.